The molecule has 4 aromatic heterocycles. The van der Waals surface area contributed by atoms with Gasteiger partial charge in [0.15, 0.2) is 5.76 Å². The van der Waals surface area contributed by atoms with Gasteiger partial charge < -0.3 is 9.15 Å². The van der Waals surface area contributed by atoms with Crippen LogP contribution in [0.4, 0.5) is 0 Å². The number of aromatic nitrogens is 5. The van der Waals surface area contributed by atoms with Crippen molar-refractivity contribution < 1.29 is 9.15 Å². The lowest BCUT2D eigenvalue weighted by Crippen LogP contribution is -2.23. The zero-order valence-electron chi connectivity index (χ0n) is 20.2. The molecule has 0 spiro atoms. The lowest BCUT2D eigenvalue weighted by molar-refractivity contribution is 0.271. The van der Waals surface area contributed by atoms with Gasteiger partial charge in [0.05, 0.1) is 23.1 Å². The fraction of sp³-hybridized carbons (Fsp3) is 0.143. The van der Waals surface area contributed by atoms with Crippen molar-refractivity contribution in [3.63, 3.8) is 0 Å². The number of fused-ring (bicyclic) bond motifs is 1. The van der Waals surface area contributed by atoms with E-state index in [0.29, 0.717) is 33.6 Å². The van der Waals surface area contributed by atoms with Gasteiger partial charge in [0.25, 0.3) is 5.56 Å². The Balaban J connectivity index is 1.43. The van der Waals surface area contributed by atoms with Crippen molar-refractivity contribution in [2.24, 2.45) is 5.92 Å². The number of furan rings is 1. The molecule has 0 aliphatic heterocycles. The van der Waals surface area contributed by atoms with E-state index < -0.39 is 0 Å². The molecule has 2 aromatic carbocycles. The molecule has 0 aliphatic rings. The molecule has 0 saturated carbocycles. The van der Waals surface area contributed by atoms with Gasteiger partial charge in [-0.05, 0) is 60.5 Å². The number of ether oxygens (including phenoxy) is 1. The summed E-state index contributed by atoms with van der Waals surface area (Å²) in [7, 11) is 0. The van der Waals surface area contributed by atoms with E-state index in [0.717, 1.165) is 28.3 Å². The van der Waals surface area contributed by atoms with Gasteiger partial charge in [-0.1, -0.05) is 43.4 Å². The number of benzene rings is 2. The molecule has 6 aromatic rings. The minimum Gasteiger partial charge on any atom is -0.493 e. The number of para-hydroxylation sites is 1. The van der Waals surface area contributed by atoms with Gasteiger partial charge in [0, 0.05) is 17.3 Å². The van der Waals surface area contributed by atoms with E-state index >= 15 is 0 Å². The Morgan fingerprint density at radius 1 is 1.03 bits per heavy atom. The Hall–Kier alpha value is -4.50. The van der Waals surface area contributed by atoms with Crippen molar-refractivity contribution in [1.82, 2.24) is 24.4 Å². The third kappa shape index (κ3) is 4.56. The van der Waals surface area contributed by atoms with Crippen LogP contribution in [0.25, 0.3) is 39.6 Å². The van der Waals surface area contributed by atoms with E-state index in [1.165, 1.54) is 15.9 Å². The van der Waals surface area contributed by atoms with Crippen molar-refractivity contribution in [2.75, 3.05) is 6.61 Å². The van der Waals surface area contributed by atoms with Crippen LogP contribution < -0.4 is 14.8 Å². The first-order valence-corrected chi connectivity index (χ1v) is 12.7. The molecule has 0 amide bonds. The smallest absolute Gasteiger partial charge is 0.291 e. The summed E-state index contributed by atoms with van der Waals surface area (Å²) in [4.78, 5) is 18.2. The second kappa shape index (κ2) is 9.51. The first-order chi connectivity index (χ1) is 18.0. The molecule has 0 atom stereocenters. The Kier molecular flexibility index (Phi) is 5.90. The minimum atomic E-state index is -0.235. The van der Waals surface area contributed by atoms with Crippen LogP contribution in [-0.2, 0) is 0 Å². The molecule has 0 aliphatic carbocycles. The summed E-state index contributed by atoms with van der Waals surface area (Å²) >= 11 is 1.28. The highest BCUT2D eigenvalue weighted by Gasteiger charge is 2.16. The van der Waals surface area contributed by atoms with Crippen LogP contribution in [0.2, 0.25) is 0 Å². The molecule has 0 radical (unpaired) electrons. The quantitative estimate of drug-likeness (QED) is 0.306. The maximum Gasteiger partial charge on any atom is 0.291 e. The number of hydrogen-bond donors (Lipinski definition) is 0. The maximum atomic E-state index is 13.2. The third-order valence-electron chi connectivity index (χ3n) is 5.68. The van der Waals surface area contributed by atoms with E-state index in [1.54, 1.807) is 18.4 Å². The lowest BCUT2D eigenvalue weighted by atomic mass is 10.1. The second-order valence-electron chi connectivity index (χ2n) is 8.97. The molecule has 0 N–H and O–H groups in total. The summed E-state index contributed by atoms with van der Waals surface area (Å²) in [5.74, 6) is 2.16. The Morgan fingerprint density at radius 2 is 1.84 bits per heavy atom. The van der Waals surface area contributed by atoms with Gasteiger partial charge in [-0.2, -0.15) is 14.6 Å². The molecule has 4 heterocycles. The zero-order valence-corrected chi connectivity index (χ0v) is 21.1. The van der Waals surface area contributed by atoms with Gasteiger partial charge in [-0.15, -0.1) is 5.10 Å². The van der Waals surface area contributed by atoms with E-state index in [2.05, 4.69) is 23.9 Å². The number of thiazole rings is 1. The summed E-state index contributed by atoms with van der Waals surface area (Å²) in [5.41, 5.74) is 3.18. The number of hydrogen-bond acceptors (Lipinski definition) is 7. The van der Waals surface area contributed by atoms with Crippen LogP contribution >= 0.6 is 11.3 Å². The highest BCUT2D eigenvalue weighted by Crippen LogP contribution is 2.27. The van der Waals surface area contributed by atoms with Gasteiger partial charge in [0.2, 0.25) is 10.8 Å². The van der Waals surface area contributed by atoms with Crippen LogP contribution in [0, 0.1) is 5.92 Å². The van der Waals surface area contributed by atoms with Gasteiger partial charge in [-0.3, -0.25) is 4.79 Å². The van der Waals surface area contributed by atoms with Crippen LogP contribution in [0.15, 0.2) is 88.4 Å². The number of rotatable bonds is 7. The first kappa shape index (κ1) is 22.9. The summed E-state index contributed by atoms with van der Waals surface area (Å²) in [5, 5.41) is 9.21. The normalized spacial score (nSPS) is 12.1. The van der Waals surface area contributed by atoms with E-state index in [4.69, 9.17) is 14.3 Å². The molecule has 0 fully saturated rings. The average molecular weight is 510 g/mol. The monoisotopic (exact) mass is 509 g/mol. The molecule has 0 saturated heterocycles. The van der Waals surface area contributed by atoms with Crippen LogP contribution in [-0.4, -0.2) is 31.0 Å². The molecule has 0 unspecified atom stereocenters. The standard InChI is InChI=1S/C28H23N5O3S/c1-18(2)17-36-22-12-10-19(11-13-22)25-20(16-32(30-25)21-7-4-3-5-8-21)15-24-27(34)33-28(37-24)29-26(31-33)23-9-6-14-35-23/h3-16,18H,17H2,1-2H3. The van der Waals surface area contributed by atoms with Crippen LogP contribution in [0.1, 0.15) is 19.4 Å². The average Bonchev–Trinajstić information content (AvgIpc) is 3.70. The Morgan fingerprint density at radius 3 is 2.54 bits per heavy atom. The van der Waals surface area contributed by atoms with E-state index in [1.807, 2.05) is 71.6 Å². The van der Waals surface area contributed by atoms with Gasteiger partial charge in [0.1, 0.15) is 11.4 Å². The zero-order chi connectivity index (χ0) is 25.4. The third-order valence-corrected chi connectivity index (χ3v) is 6.64. The molecule has 37 heavy (non-hydrogen) atoms. The fourth-order valence-corrected chi connectivity index (χ4v) is 4.79. The predicted octanol–water partition coefficient (Wildman–Crippen LogP) is 4.85. The second-order valence-corrected chi connectivity index (χ2v) is 9.97. The Labute approximate surface area is 216 Å². The maximum absolute atomic E-state index is 13.2. The SMILES string of the molecule is CC(C)COc1ccc(-c2nn(-c3ccccc3)cc2C=c2sc3nc(-c4ccco4)nn3c2=O)cc1. The molecular weight excluding hydrogens is 486 g/mol. The van der Waals surface area contributed by atoms with Crippen molar-refractivity contribution in [2.45, 2.75) is 13.8 Å². The Bertz CT molecular complexity index is 1770. The van der Waals surface area contributed by atoms with Crippen molar-refractivity contribution in [3.05, 3.63) is 99.6 Å². The van der Waals surface area contributed by atoms with Crippen molar-refractivity contribution in [3.8, 4) is 34.3 Å². The topological polar surface area (TPSA) is 87.4 Å². The predicted molar refractivity (Wildman–Crippen MR) is 143 cm³/mol. The number of nitrogens with zero attached hydrogens (tertiary/aromatic N) is 5. The molecule has 8 nitrogen and oxygen atoms in total. The molecule has 6 rings (SSSR count). The van der Waals surface area contributed by atoms with Crippen LogP contribution in [0.5, 0.6) is 5.75 Å². The summed E-state index contributed by atoms with van der Waals surface area (Å²) in [6.07, 6.45) is 5.33. The van der Waals surface area contributed by atoms with Crippen LogP contribution in [0.3, 0.4) is 0 Å². The molecule has 184 valence electrons. The summed E-state index contributed by atoms with van der Waals surface area (Å²) in [6, 6.07) is 21.3. The largest absolute Gasteiger partial charge is 0.493 e. The van der Waals surface area contributed by atoms with E-state index in [9.17, 15) is 4.79 Å². The molecule has 9 heteroatoms. The highest BCUT2D eigenvalue weighted by molar-refractivity contribution is 7.15. The fourth-order valence-electron chi connectivity index (χ4n) is 3.89. The highest BCUT2D eigenvalue weighted by atomic mass is 32.1. The molecular formula is C28H23N5O3S. The summed E-state index contributed by atoms with van der Waals surface area (Å²) < 4.78 is 14.9. The lowest BCUT2D eigenvalue weighted by Gasteiger charge is -2.09. The van der Waals surface area contributed by atoms with E-state index in [-0.39, 0.29) is 5.56 Å². The van der Waals surface area contributed by atoms with Crippen molar-refractivity contribution >= 4 is 22.4 Å². The van der Waals surface area contributed by atoms with Gasteiger partial charge >= 0.3 is 0 Å². The van der Waals surface area contributed by atoms with Gasteiger partial charge in [-0.25, -0.2) is 4.68 Å². The molecule has 0 bridgehead atoms. The first-order valence-electron chi connectivity index (χ1n) is 11.9. The summed E-state index contributed by atoms with van der Waals surface area (Å²) in [6.45, 7) is 4.89. The van der Waals surface area contributed by atoms with Crippen molar-refractivity contribution in [1.29, 1.82) is 0 Å². The minimum absolute atomic E-state index is 0.235.